The molecule has 9 aromatic carbocycles. The fourth-order valence-corrected chi connectivity index (χ4v) is 7.83. The molecule has 0 aliphatic carbocycles. The minimum absolute atomic E-state index is 0.871. The molecular formula is C54H37NO. The van der Waals surface area contributed by atoms with Gasteiger partial charge in [-0.3, -0.25) is 0 Å². The molecular weight excluding hydrogens is 679 g/mol. The normalized spacial score (nSPS) is 11.2. The molecule has 0 aliphatic rings. The van der Waals surface area contributed by atoms with E-state index in [9.17, 15) is 0 Å². The van der Waals surface area contributed by atoms with Gasteiger partial charge >= 0.3 is 0 Å². The van der Waals surface area contributed by atoms with Crippen molar-refractivity contribution in [3.63, 3.8) is 0 Å². The zero-order valence-electron chi connectivity index (χ0n) is 30.7. The van der Waals surface area contributed by atoms with Gasteiger partial charge in [0, 0.05) is 28.0 Å². The van der Waals surface area contributed by atoms with Crippen LogP contribution in [-0.2, 0) is 0 Å². The molecule has 0 fully saturated rings. The fourth-order valence-electron chi connectivity index (χ4n) is 7.83. The second-order valence-electron chi connectivity index (χ2n) is 14.2. The maximum atomic E-state index is 6.23. The Balaban J connectivity index is 1.08. The average Bonchev–Trinajstić information content (AvgIpc) is 3.72. The first kappa shape index (κ1) is 33.2. The SMILES string of the molecule is c1ccc(-c2cc(-c3ccccc3)cc(N(c3ccc(-c4cccc(-c5cc6ccccc6o5)c4)cc3)c3ccc(-c4cccc5ccccc45)cc3)c2)cc1. The quantitative estimate of drug-likeness (QED) is 0.156. The molecule has 10 rings (SSSR count). The van der Waals surface area contributed by atoms with Crippen molar-refractivity contribution in [2.45, 2.75) is 0 Å². The number of benzene rings is 9. The number of furan rings is 1. The van der Waals surface area contributed by atoms with Crippen LogP contribution in [0.25, 0.3) is 77.6 Å². The van der Waals surface area contributed by atoms with Crippen molar-refractivity contribution in [3.8, 4) is 55.8 Å². The van der Waals surface area contributed by atoms with Crippen LogP contribution in [0.5, 0.6) is 0 Å². The Morgan fingerprint density at radius 3 is 1.46 bits per heavy atom. The van der Waals surface area contributed by atoms with Crippen molar-refractivity contribution in [2.24, 2.45) is 0 Å². The summed E-state index contributed by atoms with van der Waals surface area (Å²) >= 11 is 0. The smallest absolute Gasteiger partial charge is 0.135 e. The summed E-state index contributed by atoms with van der Waals surface area (Å²) in [4.78, 5) is 2.38. The fraction of sp³-hybridized carbons (Fsp3) is 0. The van der Waals surface area contributed by atoms with Gasteiger partial charge < -0.3 is 9.32 Å². The lowest BCUT2D eigenvalue weighted by Gasteiger charge is -2.27. The third-order valence-corrected chi connectivity index (χ3v) is 10.6. The van der Waals surface area contributed by atoms with Gasteiger partial charge in [0.1, 0.15) is 11.3 Å². The lowest BCUT2D eigenvalue weighted by atomic mass is 9.96. The summed E-state index contributed by atoms with van der Waals surface area (Å²) in [6.07, 6.45) is 0. The zero-order chi connectivity index (χ0) is 37.3. The van der Waals surface area contributed by atoms with Crippen molar-refractivity contribution in [2.75, 3.05) is 4.90 Å². The second kappa shape index (κ2) is 14.4. The van der Waals surface area contributed by atoms with Crippen molar-refractivity contribution in [3.05, 3.63) is 224 Å². The first-order chi connectivity index (χ1) is 27.7. The van der Waals surface area contributed by atoms with Crippen molar-refractivity contribution >= 4 is 38.8 Å². The second-order valence-corrected chi connectivity index (χ2v) is 14.2. The molecule has 0 radical (unpaired) electrons. The molecule has 0 amide bonds. The molecule has 0 N–H and O–H groups in total. The number of anilines is 3. The van der Waals surface area contributed by atoms with E-state index in [0.717, 1.165) is 50.5 Å². The topological polar surface area (TPSA) is 16.4 Å². The Morgan fingerprint density at radius 2 is 0.786 bits per heavy atom. The molecule has 264 valence electrons. The minimum Gasteiger partial charge on any atom is -0.456 e. The Hall–Kier alpha value is -7.42. The van der Waals surface area contributed by atoms with E-state index in [2.05, 4.69) is 211 Å². The molecule has 10 aromatic rings. The van der Waals surface area contributed by atoms with Gasteiger partial charge in [-0.05, 0) is 116 Å². The number of para-hydroxylation sites is 1. The van der Waals surface area contributed by atoms with Crippen LogP contribution in [0.3, 0.4) is 0 Å². The lowest BCUT2D eigenvalue weighted by molar-refractivity contribution is 0.631. The maximum absolute atomic E-state index is 6.23. The van der Waals surface area contributed by atoms with E-state index in [1.807, 2.05) is 18.2 Å². The van der Waals surface area contributed by atoms with Crippen LogP contribution in [0.2, 0.25) is 0 Å². The first-order valence-electron chi connectivity index (χ1n) is 19.1. The lowest BCUT2D eigenvalue weighted by Crippen LogP contribution is -2.10. The number of rotatable bonds is 8. The van der Waals surface area contributed by atoms with E-state index in [1.165, 1.54) is 44.2 Å². The molecule has 0 aliphatic heterocycles. The molecule has 2 nitrogen and oxygen atoms in total. The highest BCUT2D eigenvalue weighted by atomic mass is 16.3. The van der Waals surface area contributed by atoms with Gasteiger partial charge in [0.15, 0.2) is 0 Å². The van der Waals surface area contributed by atoms with Crippen LogP contribution in [-0.4, -0.2) is 0 Å². The van der Waals surface area contributed by atoms with E-state index < -0.39 is 0 Å². The van der Waals surface area contributed by atoms with Gasteiger partial charge in [-0.2, -0.15) is 0 Å². The van der Waals surface area contributed by atoms with Crippen LogP contribution >= 0.6 is 0 Å². The monoisotopic (exact) mass is 715 g/mol. The van der Waals surface area contributed by atoms with Gasteiger partial charge in [-0.15, -0.1) is 0 Å². The molecule has 0 atom stereocenters. The molecule has 1 aromatic heterocycles. The van der Waals surface area contributed by atoms with E-state index in [-0.39, 0.29) is 0 Å². The van der Waals surface area contributed by atoms with Gasteiger partial charge in [0.05, 0.1) is 0 Å². The number of nitrogens with zero attached hydrogens (tertiary/aromatic N) is 1. The summed E-state index contributed by atoms with van der Waals surface area (Å²) in [6.45, 7) is 0. The summed E-state index contributed by atoms with van der Waals surface area (Å²) in [5, 5.41) is 3.60. The molecule has 0 saturated heterocycles. The molecule has 0 saturated carbocycles. The van der Waals surface area contributed by atoms with Crippen molar-refractivity contribution in [1.29, 1.82) is 0 Å². The van der Waals surface area contributed by atoms with E-state index in [4.69, 9.17) is 4.42 Å². The third-order valence-electron chi connectivity index (χ3n) is 10.6. The predicted octanol–water partition coefficient (Wildman–Crippen LogP) is 15.4. The summed E-state index contributed by atoms with van der Waals surface area (Å²) in [6, 6.07) is 80.2. The highest BCUT2D eigenvalue weighted by Gasteiger charge is 2.17. The standard InChI is InChI=1S/C54H37NO/c1-3-13-38(14-4-1)46-34-47(39-15-5-2-6-16-39)36-50(35-46)55(49-31-27-42(28-32-49)52-23-12-19-41-17-7-9-22-51(41)52)48-29-25-40(26-30-48)43-20-11-21-44(33-43)54-37-45-18-8-10-24-53(45)56-54/h1-37H. The number of fused-ring (bicyclic) bond motifs is 2. The Bertz CT molecular complexity index is 2850. The zero-order valence-corrected chi connectivity index (χ0v) is 30.7. The summed E-state index contributed by atoms with van der Waals surface area (Å²) in [7, 11) is 0. The molecule has 0 spiro atoms. The molecule has 0 bridgehead atoms. The summed E-state index contributed by atoms with van der Waals surface area (Å²) in [5.74, 6) is 0.871. The highest BCUT2D eigenvalue weighted by Crippen LogP contribution is 2.41. The molecule has 1 heterocycles. The summed E-state index contributed by atoms with van der Waals surface area (Å²) in [5.41, 5.74) is 14.6. The molecule has 0 unspecified atom stereocenters. The van der Waals surface area contributed by atoms with Crippen LogP contribution in [0.15, 0.2) is 229 Å². The average molecular weight is 716 g/mol. The Kier molecular flexibility index (Phi) is 8.55. The number of hydrogen-bond acceptors (Lipinski definition) is 2. The van der Waals surface area contributed by atoms with Crippen molar-refractivity contribution < 1.29 is 4.42 Å². The van der Waals surface area contributed by atoms with Crippen molar-refractivity contribution in [1.82, 2.24) is 0 Å². The predicted molar refractivity (Wildman–Crippen MR) is 236 cm³/mol. The summed E-state index contributed by atoms with van der Waals surface area (Å²) < 4.78 is 6.23. The molecule has 2 heteroatoms. The molecule has 56 heavy (non-hydrogen) atoms. The van der Waals surface area contributed by atoms with Gasteiger partial charge in [-0.25, -0.2) is 0 Å². The minimum atomic E-state index is 0.871. The van der Waals surface area contributed by atoms with E-state index in [0.29, 0.717) is 0 Å². The van der Waals surface area contributed by atoms with Gasteiger partial charge in [0.25, 0.3) is 0 Å². The van der Waals surface area contributed by atoms with Crippen LogP contribution < -0.4 is 4.90 Å². The largest absolute Gasteiger partial charge is 0.456 e. The first-order valence-corrected chi connectivity index (χ1v) is 19.1. The van der Waals surface area contributed by atoms with Gasteiger partial charge in [0.2, 0.25) is 0 Å². The van der Waals surface area contributed by atoms with E-state index in [1.54, 1.807) is 0 Å². The van der Waals surface area contributed by atoms with E-state index >= 15 is 0 Å². The maximum Gasteiger partial charge on any atom is 0.135 e. The Labute approximate surface area is 327 Å². The van der Waals surface area contributed by atoms with Crippen LogP contribution in [0.1, 0.15) is 0 Å². The number of hydrogen-bond donors (Lipinski definition) is 0. The van der Waals surface area contributed by atoms with Gasteiger partial charge in [-0.1, -0.05) is 164 Å². The third kappa shape index (κ3) is 6.44. The Morgan fingerprint density at radius 1 is 0.286 bits per heavy atom. The van der Waals surface area contributed by atoms with Crippen LogP contribution in [0, 0.1) is 0 Å². The highest BCUT2D eigenvalue weighted by molar-refractivity contribution is 5.97. The van der Waals surface area contributed by atoms with Crippen LogP contribution in [0.4, 0.5) is 17.1 Å².